The maximum absolute atomic E-state index is 11.5. The molecule has 0 atom stereocenters. The molecule has 6 heteroatoms. The molecule has 4 nitrogen and oxygen atoms in total. The molecule has 90 valence electrons. The van der Waals surface area contributed by atoms with E-state index in [2.05, 4.69) is 37.2 Å². The third kappa shape index (κ3) is 4.32. The van der Waals surface area contributed by atoms with Crippen LogP contribution in [0.15, 0.2) is 38.8 Å². The van der Waals surface area contributed by atoms with E-state index in [0.717, 1.165) is 10.5 Å². The second-order valence-electron chi connectivity index (χ2n) is 3.25. The number of halogens is 2. The highest BCUT2D eigenvalue weighted by atomic mass is 79.9. The van der Waals surface area contributed by atoms with E-state index in [1.54, 1.807) is 18.2 Å². The number of hydrogen-bond donors (Lipinski definition) is 2. The average molecular weight is 363 g/mol. The predicted octanol–water partition coefficient (Wildman–Crippen LogP) is 3.18. The van der Waals surface area contributed by atoms with Crippen molar-refractivity contribution in [2.24, 2.45) is 0 Å². The lowest BCUT2D eigenvalue weighted by atomic mass is 10.2. The van der Waals surface area contributed by atoms with Gasteiger partial charge in [0.15, 0.2) is 0 Å². The van der Waals surface area contributed by atoms with Gasteiger partial charge in [-0.25, -0.2) is 4.79 Å². The van der Waals surface area contributed by atoms with Gasteiger partial charge in [0, 0.05) is 20.6 Å². The van der Waals surface area contributed by atoms with Crippen LogP contribution in [0.5, 0.6) is 0 Å². The monoisotopic (exact) mass is 361 g/mol. The molecule has 2 N–H and O–H groups in total. The number of carboxylic acids is 1. The zero-order valence-electron chi connectivity index (χ0n) is 8.83. The summed E-state index contributed by atoms with van der Waals surface area (Å²) in [5.41, 5.74) is 0.559. The van der Waals surface area contributed by atoms with Crippen molar-refractivity contribution < 1.29 is 14.7 Å². The molecule has 0 unspecified atom stereocenters. The van der Waals surface area contributed by atoms with Gasteiger partial charge in [-0.1, -0.05) is 15.9 Å². The molecule has 0 bridgehead atoms. The van der Waals surface area contributed by atoms with Crippen molar-refractivity contribution in [1.82, 2.24) is 0 Å². The Morgan fingerprint density at radius 3 is 2.53 bits per heavy atom. The van der Waals surface area contributed by atoms with E-state index >= 15 is 0 Å². The molecule has 0 spiro atoms. The van der Waals surface area contributed by atoms with Crippen LogP contribution in [0, 0.1) is 0 Å². The molecular weight excluding hydrogens is 354 g/mol. The average Bonchev–Trinajstić information content (AvgIpc) is 2.22. The van der Waals surface area contributed by atoms with Crippen LogP contribution < -0.4 is 5.32 Å². The first-order valence-electron chi connectivity index (χ1n) is 4.58. The first kappa shape index (κ1) is 13.9. The maximum Gasteiger partial charge on any atom is 0.331 e. The van der Waals surface area contributed by atoms with Gasteiger partial charge in [-0.15, -0.1) is 0 Å². The zero-order chi connectivity index (χ0) is 13.0. The van der Waals surface area contributed by atoms with Gasteiger partial charge in [0.05, 0.1) is 5.69 Å². The van der Waals surface area contributed by atoms with E-state index in [1.165, 1.54) is 6.92 Å². The van der Waals surface area contributed by atoms with Crippen molar-refractivity contribution in [2.75, 3.05) is 5.32 Å². The number of amides is 1. The molecule has 0 radical (unpaired) electrons. The Morgan fingerprint density at radius 1 is 1.35 bits per heavy atom. The van der Waals surface area contributed by atoms with Gasteiger partial charge in [0.2, 0.25) is 5.91 Å². The molecule has 0 aromatic heterocycles. The second-order valence-corrected chi connectivity index (χ2v) is 5.02. The van der Waals surface area contributed by atoms with E-state index < -0.39 is 11.9 Å². The molecule has 17 heavy (non-hydrogen) atoms. The van der Waals surface area contributed by atoms with Gasteiger partial charge >= 0.3 is 5.97 Å². The minimum Gasteiger partial charge on any atom is -0.478 e. The number of rotatable bonds is 3. The van der Waals surface area contributed by atoms with E-state index in [1.807, 2.05) is 0 Å². The molecule has 1 rings (SSSR count). The van der Waals surface area contributed by atoms with Crippen molar-refractivity contribution in [2.45, 2.75) is 6.92 Å². The molecular formula is C11H9Br2NO3. The third-order valence-electron chi connectivity index (χ3n) is 1.87. The molecule has 0 heterocycles. The van der Waals surface area contributed by atoms with Crippen molar-refractivity contribution in [1.29, 1.82) is 0 Å². The Morgan fingerprint density at radius 2 is 2.00 bits per heavy atom. The fraction of sp³-hybridized carbons (Fsp3) is 0.0909. The molecule has 1 amide bonds. The molecule has 0 saturated heterocycles. The first-order valence-corrected chi connectivity index (χ1v) is 6.16. The smallest absolute Gasteiger partial charge is 0.331 e. The summed E-state index contributed by atoms with van der Waals surface area (Å²) in [6.45, 7) is 1.36. The van der Waals surface area contributed by atoms with Crippen LogP contribution in [0.25, 0.3) is 0 Å². The molecule has 1 aromatic rings. The summed E-state index contributed by atoms with van der Waals surface area (Å²) in [5, 5.41) is 11.2. The minimum atomic E-state index is -1.12. The van der Waals surface area contributed by atoms with Gasteiger partial charge < -0.3 is 10.4 Å². The van der Waals surface area contributed by atoms with Gasteiger partial charge in [-0.3, -0.25) is 4.79 Å². The highest BCUT2D eigenvalue weighted by Gasteiger charge is 2.06. The Bertz CT molecular complexity index is 497. The lowest BCUT2D eigenvalue weighted by molar-refractivity contribution is -0.132. The number of nitrogens with one attached hydrogen (secondary N) is 1. The van der Waals surface area contributed by atoms with E-state index in [9.17, 15) is 9.59 Å². The maximum atomic E-state index is 11.5. The van der Waals surface area contributed by atoms with Gasteiger partial charge in [0.1, 0.15) is 0 Å². The van der Waals surface area contributed by atoms with Gasteiger partial charge in [0.25, 0.3) is 0 Å². The number of carbonyl (C=O) groups excluding carboxylic acids is 1. The van der Waals surface area contributed by atoms with Crippen LogP contribution in [0.2, 0.25) is 0 Å². The summed E-state index contributed by atoms with van der Waals surface area (Å²) in [4.78, 5) is 22.0. The Balaban J connectivity index is 2.82. The number of carboxylic acid groups (broad SMARTS) is 1. The quantitative estimate of drug-likeness (QED) is 0.811. The summed E-state index contributed by atoms with van der Waals surface area (Å²) in [6.07, 6.45) is 1.04. The Hall–Kier alpha value is -1.14. The fourth-order valence-electron chi connectivity index (χ4n) is 1.02. The number of anilines is 1. The summed E-state index contributed by atoms with van der Waals surface area (Å²) in [6, 6.07) is 5.26. The van der Waals surface area contributed by atoms with Crippen molar-refractivity contribution in [3.05, 3.63) is 38.8 Å². The standard InChI is InChI=1S/C11H9Br2NO3/c1-6(11(16)17)4-10(15)14-9-3-2-7(12)5-8(9)13/h2-5H,1H3,(H,14,15)(H,16,17). The minimum absolute atomic E-state index is 0.0178. The summed E-state index contributed by atoms with van der Waals surface area (Å²) in [7, 11) is 0. The third-order valence-corrected chi connectivity index (χ3v) is 3.02. The van der Waals surface area contributed by atoms with Crippen molar-refractivity contribution in [3.63, 3.8) is 0 Å². The van der Waals surface area contributed by atoms with Crippen molar-refractivity contribution >= 4 is 49.4 Å². The predicted molar refractivity (Wildman–Crippen MR) is 71.9 cm³/mol. The fourth-order valence-corrected chi connectivity index (χ4v) is 2.16. The molecule has 0 aliphatic rings. The van der Waals surface area contributed by atoms with Crippen LogP contribution in [0.1, 0.15) is 6.92 Å². The molecule has 1 aromatic carbocycles. The second kappa shape index (κ2) is 5.97. The largest absolute Gasteiger partial charge is 0.478 e. The van der Waals surface area contributed by atoms with Crippen LogP contribution in [-0.2, 0) is 9.59 Å². The number of carbonyl (C=O) groups is 2. The van der Waals surface area contributed by atoms with Crippen molar-refractivity contribution in [3.8, 4) is 0 Å². The Kier molecular flexibility index (Phi) is 4.89. The first-order chi connectivity index (χ1) is 7.90. The lowest BCUT2D eigenvalue weighted by Crippen LogP contribution is -2.11. The van der Waals surface area contributed by atoms with Crippen LogP contribution in [0.4, 0.5) is 5.69 Å². The Labute approximate surface area is 115 Å². The number of benzene rings is 1. The molecule has 0 fully saturated rings. The number of hydrogen-bond acceptors (Lipinski definition) is 2. The highest BCUT2D eigenvalue weighted by Crippen LogP contribution is 2.26. The lowest BCUT2D eigenvalue weighted by Gasteiger charge is -2.05. The number of aliphatic carboxylic acids is 1. The summed E-state index contributed by atoms with van der Waals surface area (Å²) >= 11 is 6.58. The highest BCUT2D eigenvalue weighted by molar-refractivity contribution is 9.11. The molecule has 0 saturated carbocycles. The van der Waals surface area contributed by atoms with Crippen LogP contribution >= 0.6 is 31.9 Å². The normalized spacial score (nSPS) is 11.1. The van der Waals surface area contributed by atoms with Gasteiger partial charge in [-0.05, 0) is 41.1 Å². The molecule has 0 aliphatic heterocycles. The topological polar surface area (TPSA) is 66.4 Å². The van der Waals surface area contributed by atoms with Gasteiger partial charge in [-0.2, -0.15) is 0 Å². The van der Waals surface area contributed by atoms with Crippen LogP contribution in [-0.4, -0.2) is 17.0 Å². The summed E-state index contributed by atoms with van der Waals surface area (Å²) in [5.74, 6) is -1.59. The molecule has 0 aliphatic carbocycles. The van der Waals surface area contributed by atoms with E-state index in [-0.39, 0.29) is 5.57 Å². The van der Waals surface area contributed by atoms with Crippen LogP contribution in [0.3, 0.4) is 0 Å². The summed E-state index contributed by atoms with van der Waals surface area (Å²) < 4.78 is 1.58. The zero-order valence-corrected chi connectivity index (χ0v) is 12.0. The van der Waals surface area contributed by atoms with E-state index in [4.69, 9.17) is 5.11 Å². The SMILES string of the molecule is CC(=CC(=O)Nc1ccc(Br)cc1Br)C(=O)O. The van der Waals surface area contributed by atoms with E-state index in [0.29, 0.717) is 10.2 Å².